The molecule has 0 unspecified atom stereocenters. The summed E-state index contributed by atoms with van der Waals surface area (Å²) in [7, 11) is 0.166. The SMILES string of the molecule is CNCCCN(C)S(=O)(=O)N1Cc2ccccc2C1. The summed E-state index contributed by atoms with van der Waals surface area (Å²) in [6.07, 6.45) is 0.813. The van der Waals surface area contributed by atoms with Gasteiger partial charge in [-0.1, -0.05) is 24.3 Å². The molecule has 1 aliphatic rings. The summed E-state index contributed by atoms with van der Waals surface area (Å²) in [5.41, 5.74) is 2.21. The van der Waals surface area contributed by atoms with Crippen LogP contribution in [0.25, 0.3) is 0 Å². The fraction of sp³-hybridized carbons (Fsp3) is 0.538. The third kappa shape index (κ3) is 3.14. The number of nitrogens with zero attached hydrogens (tertiary/aromatic N) is 2. The quantitative estimate of drug-likeness (QED) is 0.785. The number of hydrogen-bond acceptors (Lipinski definition) is 3. The van der Waals surface area contributed by atoms with E-state index in [-0.39, 0.29) is 0 Å². The number of fused-ring (bicyclic) bond motifs is 1. The van der Waals surface area contributed by atoms with Gasteiger partial charge in [-0.15, -0.1) is 0 Å². The highest BCUT2D eigenvalue weighted by Gasteiger charge is 2.31. The second-order valence-corrected chi connectivity index (χ2v) is 6.86. The molecule has 0 saturated carbocycles. The average molecular weight is 283 g/mol. The molecule has 106 valence electrons. The van der Waals surface area contributed by atoms with E-state index in [2.05, 4.69) is 5.32 Å². The molecule has 0 fully saturated rings. The summed E-state index contributed by atoms with van der Waals surface area (Å²) in [4.78, 5) is 0. The third-order valence-electron chi connectivity index (χ3n) is 3.43. The van der Waals surface area contributed by atoms with Crippen molar-refractivity contribution < 1.29 is 8.42 Å². The standard InChI is InChI=1S/C13H21N3O2S/c1-14-8-5-9-15(2)19(17,18)16-10-12-6-3-4-7-13(12)11-16/h3-4,6-7,14H,5,8-11H2,1-2H3. The summed E-state index contributed by atoms with van der Waals surface area (Å²) in [5.74, 6) is 0. The minimum atomic E-state index is -3.35. The Hall–Kier alpha value is -0.950. The van der Waals surface area contributed by atoms with E-state index < -0.39 is 10.2 Å². The second-order valence-electron chi connectivity index (χ2n) is 4.82. The highest BCUT2D eigenvalue weighted by molar-refractivity contribution is 7.86. The van der Waals surface area contributed by atoms with Crippen LogP contribution >= 0.6 is 0 Å². The van der Waals surface area contributed by atoms with E-state index in [9.17, 15) is 8.42 Å². The van der Waals surface area contributed by atoms with Crippen molar-refractivity contribution in [1.82, 2.24) is 13.9 Å². The van der Waals surface area contributed by atoms with Crippen molar-refractivity contribution in [2.75, 3.05) is 27.2 Å². The van der Waals surface area contributed by atoms with Gasteiger partial charge in [-0.05, 0) is 31.1 Å². The van der Waals surface area contributed by atoms with Gasteiger partial charge in [-0.2, -0.15) is 17.0 Å². The van der Waals surface area contributed by atoms with E-state index in [0.29, 0.717) is 19.6 Å². The predicted octanol–water partition coefficient (Wildman–Crippen LogP) is 0.788. The summed E-state index contributed by atoms with van der Waals surface area (Å²) in [5, 5.41) is 3.02. The summed E-state index contributed by atoms with van der Waals surface area (Å²) >= 11 is 0. The van der Waals surface area contributed by atoms with E-state index >= 15 is 0 Å². The van der Waals surface area contributed by atoms with Crippen molar-refractivity contribution >= 4 is 10.2 Å². The maximum Gasteiger partial charge on any atom is 0.282 e. The van der Waals surface area contributed by atoms with Crippen LogP contribution in [0.5, 0.6) is 0 Å². The van der Waals surface area contributed by atoms with Crippen LogP contribution in [0.4, 0.5) is 0 Å². The van der Waals surface area contributed by atoms with Crippen LogP contribution in [0, 0.1) is 0 Å². The molecular weight excluding hydrogens is 262 g/mol. The van der Waals surface area contributed by atoms with Gasteiger partial charge in [0.05, 0.1) is 0 Å². The van der Waals surface area contributed by atoms with Crippen LogP contribution in [0.15, 0.2) is 24.3 Å². The van der Waals surface area contributed by atoms with Crippen molar-refractivity contribution in [2.45, 2.75) is 19.5 Å². The lowest BCUT2D eigenvalue weighted by Gasteiger charge is -2.23. The van der Waals surface area contributed by atoms with Gasteiger partial charge in [0.25, 0.3) is 10.2 Å². The van der Waals surface area contributed by atoms with Crippen molar-refractivity contribution in [1.29, 1.82) is 0 Å². The lowest BCUT2D eigenvalue weighted by atomic mass is 10.1. The lowest BCUT2D eigenvalue weighted by Crippen LogP contribution is -2.39. The van der Waals surface area contributed by atoms with Crippen molar-refractivity contribution in [3.8, 4) is 0 Å². The molecule has 1 aromatic rings. The molecule has 0 bridgehead atoms. The van der Waals surface area contributed by atoms with Crippen molar-refractivity contribution in [3.63, 3.8) is 0 Å². The second kappa shape index (κ2) is 6.00. The van der Waals surface area contributed by atoms with Gasteiger partial charge in [0.2, 0.25) is 0 Å². The predicted molar refractivity (Wildman–Crippen MR) is 75.8 cm³/mol. The van der Waals surface area contributed by atoms with Crippen molar-refractivity contribution in [3.05, 3.63) is 35.4 Å². The molecule has 0 saturated heterocycles. The van der Waals surface area contributed by atoms with Gasteiger partial charge in [-0.3, -0.25) is 0 Å². The molecular formula is C13H21N3O2S. The zero-order valence-corrected chi connectivity index (χ0v) is 12.3. The van der Waals surface area contributed by atoms with Gasteiger partial charge >= 0.3 is 0 Å². The van der Waals surface area contributed by atoms with Crippen molar-refractivity contribution in [2.24, 2.45) is 0 Å². The van der Waals surface area contributed by atoms with E-state index in [1.165, 1.54) is 8.61 Å². The van der Waals surface area contributed by atoms with Gasteiger partial charge in [0, 0.05) is 26.7 Å². The maximum atomic E-state index is 12.4. The number of rotatable bonds is 6. The molecule has 1 aromatic carbocycles. The Morgan fingerprint density at radius 3 is 2.37 bits per heavy atom. The molecule has 1 N–H and O–H groups in total. The Morgan fingerprint density at radius 2 is 1.84 bits per heavy atom. The van der Waals surface area contributed by atoms with Gasteiger partial charge in [0.15, 0.2) is 0 Å². The fourth-order valence-corrected chi connectivity index (χ4v) is 3.61. The number of hydrogen-bond donors (Lipinski definition) is 1. The molecule has 5 nitrogen and oxygen atoms in total. The topological polar surface area (TPSA) is 52.7 Å². The fourth-order valence-electron chi connectivity index (χ4n) is 2.26. The van der Waals surface area contributed by atoms with Crippen LogP contribution in [-0.2, 0) is 23.3 Å². The Kier molecular flexibility index (Phi) is 4.57. The van der Waals surface area contributed by atoms with Gasteiger partial charge < -0.3 is 5.32 Å². The van der Waals surface area contributed by atoms with E-state index in [1.54, 1.807) is 7.05 Å². The van der Waals surface area contributed by atoms with Gasteiger partial charge in [-0.25, -0.2) is 0 Å². The monoisotopic (exact) mass is 283 g/mol. The Labute approximate surface area is 115 Å². The highest BCUT2D eigenvalue weighted by Crippen LogP contribution is 2.25. The zero-order chi connectivity index (χ0) is 13.9. The lowest BCUT2D eigenvalue weighted by molar-refractivity contribution is 0.365. The zero-order valence-electron chi connectivity index (χ0n) is 11.5. The maximum absolute atomic E-state index is 12.4. The highest BCUT2D eigenvalue weighted by atomic mass is 32.2. The van der Waals surface area contributed by atoms with Crippen LogP contribution in [0.3, 0.4) is 0 Å². The molecule has 19 heavy (non-hydrogen) atoms. The average Bonchev–Trinajstić information content (AvgIpc) is 2.83. The summed E-state index contributed by atoms with van der Waals surface area (Å²) in [6.45, 7) is 2.32. The Morgan fingerprint density at radius 1 is 1.26 bits per heavy atom. The van der Waals surface area contributed by atoms with E-state index in [1.807, 2.05) is 31.3 Å². The first kappa shape index (κ1) is 14.5. The minimum absolute atomic E-state index is 0.481. The smallest absolute Gasteiger partial charge is 0.282 e. The van der Waals surface area contributed by atoms with Gasteiger partial charge in [0.1, 0.15) is 0 Å². The van der Waals surface area contributed by atoms with Crippen LogP contribution in [-0.4, -0.2) is 44.2 Å². The Balaban J connectivity index is 2.02. The minimum Gasteiger partial charge on any atom is -0.320 e. The van der Waals surface area contributed by atoms with E-state index in [4.69, 9.17) is 0 Å². The van der Waals surface area contributed by atoms with Crippen LogP contribution in [0.2, 0.25) is 0 Å². The van der Waals surface area contributed by atoms with Crippen LogP contribution in [0.1, 0.15) is 17.5 Å². The molecule has 0 aromatic heterocycles. The normalized spacial score (nSPS) is 15.9. The van der Waals surface area contributed by atoms with E-state index in [0.717, 1.165) is 24.1 Å². The molecule has 6 heteroatoms. The first-order chi connectivity index (χ1) is 9.05. The van der Waals surface area contributed by atoms with Crippen LogP contribution < -0.4 is 5.32 Å². The molecule has 0 spiro atoms. The first-order valence-corrected chi connectivity index (χ1v) is 7.88. The molecule has 2 rings (SSSR count). The molecule has 1 heterocycles. The number of benzene rings is 1. The molecule has 0 radical (unpaired) electrons. The summed E-state index contributed by atoms with van der Waals surface area (Å²) < 4.78 is 27.8. The molecule has 0 atom stereocenters. The molecule has 1 aliphatic heterocycles. The third-order valence-corrected chi connectivity index (χ3v) is 5.31. The first-order valence-electron chi connectivity index (χ1n) is 6.48. The number of nitrogens with one attached hydrogen (secondary N) is 1. The molecule has 0 amide bonds. The Bertz CT molecular complexity index is 505. The molecule has 0 aliphatic carbocycles. The summed E-state index contributed by atoms with van der Waals surface area (Å²) in [6, 6.07) is 7.88. The largest absolute Gasteiger partial charge is 0.320 e.